The molecule has 0 amide bonds. The highest BCUT2D eigenvalue weighted by atomic mass is 32.1. The van der Waals surface area contributed by atoms with E-state index in [0.717, 1.165) is 19.4 Å². The fourth-order valence-electron chi connectivity index (χ4n) is 2.79. The second-order valence-electron chi connectivity index (χ2n) is 5.43. The van der Waals surface area contributed by atoms with E-state index in [1.807, 2.05) is 18.2 Å². The van der Waals surface area contributed by atoms with Gasteiger partial charge in [0.1, 0.15) is 0 Å². The van der Waals surface area contributed by atoms with E-state index in [0.29, 0.717) is 12.0 Å². The van der Waals surface area contributed by atoms with E-state index < -0.39 is 5.97 Å². The minimum Gasteiger partial charge on any atom is -0.481 e. The molecule has 104 valence electrons. The molecule has 0 heterocycles. The summed E-state index contributed by atoms with van der Waals surface area (Å²) in [4.78, 5) is 11.0. The van der Waals surface area contributed by atoms with E-state index in [9.17, 15) is 4.79 Å². The smallest absolute Gasteiger partial charge is 0.306 e. The second-order valence-corrected chi connectivity index (χ2v) is 6.05. The Morgan fingerprint density at radius 2 is 2.11 bits per heavy atom. The number of aliphatic carboxylic acids is 1. The predicted octanol–water partition coefficient (Wildman–Crippen LogP) is 2.75. The summed E-state index contributed by atoms with van der Waals surface area (Å²) in [5.74, 6) is -0.443. The molecule has 1 saturated carbocycles. The summed E-state index contributed by atoms with van der Waals surface area (Å²) in [5, 5.41) is 12.7. The molecule has 1 aliphatic carbocycles. The van der Waals surface area contributed by atoms with Crippen LogP contribution in [0.3, 0.4) is 0 Å². The minimum atomic E-state index is -0.665. The van der Waals surface area contributed by atoms with Gasteiger partial charge in [0.25, 0.3) is 0 Å². The lowest BCUT2D eigenvalue weighted by molar-refractivity contribution is -0.141. The van der Waals surface area contributed by atoms with Gasteiger partial charge in [0.2, 0.25) is 0 Å². The SMILES string of the molecule is CC1CC(C(=O)O)CC1NCC(S)c1ccccc1. The third-order valence-corrected chi connectivity index (χ3v) is 4.47. The van der Waals surface area contributed by atoms with Crippen molar-refractivity contribution in [2.24, 2.45) is 11.8 Å². The molecule has 1 aliphatic rings. The van der Waals surface area contributed by atoms with Crippen LogP contribution in [0.15, 0.2) is 30.3 Å². The number of thiol groups is 1. The Kier molecular flexibility index (Phi) is 4.88. The number of hydrogen-bond donors (Lipinski definition) is 3. The molecule has 2 N–H and O–H groups in total. The zero-order chi connectivity index (χ0) is 13.8. The Hall–Kier alpha value is -1.00. The van der Waals surface area contributed by atoms with Crippen LogP contribution >= 0.6 is 12.6 Å². The van der Waals surface area contributed by atoms with E-state index in [4.69, 9.17) is 5.11 Å². The van der Waals surface area contributed by atoms with Crippen LogP contribution in [0.2, 0.25) is 0 Å². The van der Waals surface area contributed by atoms with E-state index in [-0.39, 0.29) is 11.2 Å². The summed E-state index contributed by atoms with van der Waals surface area (Å²) < 4.78 is 0. The van der Waals surface area contributed by atoms with Gasteiger partial charge in [-0.05, 0) is 24.3 Å². The highest BCUT2D eigenvalue weighted by molar-refractivity contribution is 7.80. The molecule has 2 rings (SSSR count). The van der Waals surface area contributed by atoms with Crippen molar-refractivity contribution in [2.45, 2.75) is 31.1 Å². The summed E-state index contributed by atoms with van der Waals surface area (Å²) in [6.45, 7) is 2.89. The van der Waals surface area contributed by atoms with Crippen molar-refractivity contribution in [1.82, 2.24) is 5.32 Å². The van der Waals surface area contributed by atoms with Crippen LogP contribution in [0.4, 0.5) is 0 Å². The molecule has 1 fully saturated rings. The first-order valence-corrected chi connectivity index (χ1v) is 7.28. The Bertz CT molecular complexity index is 423. The molecule has 1 aromatic rings. The van der Waals surface area contributed by atoms with Gasteiger partial charge in [-0.2, -0.15) is 12.6 Å². The molecular formula is C15H21NO2S. The van der Waals surface area contributed by atoms with Gasteiger partial charge in [0.15, 0.2) is 0 Å². The van der Waals surface area contributed by atoms with Gasteiger partial charge >= 0.3 is 5.97 Å². The average Bonchev–Trinajstić information content (AvgIpc) is 2.79. The minimum absolute atomic E-state index is 0.150. The van der Waals surface area contributed by atoms with Crippen LogP contribution in [0.1, 0.15) is 30.6 Å². The van der Waals surface area contributed by atoms with Gasteiger partial charge in [-0.15, -0.1) is 0 Å². The van der Waals surface area contributed by atoms with Crippen molar-refractivity contribution in [1.29, 1.82) is 0 Å². The first kappa shape index (κ1) is 14.4. The Morgan fingerprint density at radius 3 is 2.68 bits per heavy atom. The Balaban J connectivity index is 1.84. The molecule has 1 aromatic carbocycles. The number of carboxylic acids is 1. The molecule has 3 nitrogen and oxygen atoms in total. The highest BCUT2D eigenvalue weighted by Crippen LogP contribution is 2.31. The van der Waals surface area contributed by atoms with Crippen molar-refractivity contribution in [2.75, 3.05) is 6.54 Å². The van der Waals surface area contributed by atoms with Crippen LogP contribution in [-0.4, -0.2) is 23.7 Å². The molecular weight excluding hydrogens is 258 g/mol. The molecule has 0 spiro atoms. The number of rotatable bonds is 5. The fraction of sp³-hybridized carbons (Fsp3) is 0.533. The van der Waals surface area contributed by atoms with E-state index >= 15 is 0 Å². The largest absolute Gasteiger partial charge is 0.481 e. The number of benzene rings is 1. The summed E-state index contributed by atoms with van der Waals surface area (Å²) in [5.41, 5.74) is 1.19. The van der Waals surface area contributed by atoms with Gasteiger partial charge in [0, 0.05) is 17.8 Å². The van der Waals surface area contributed by atoms with Crippen molar-refractivity contribution in [3.8, 4) is 0 Å². The van der Waals surface area contributed by atoms with Crippen LogP contribution in [0, 0.1) is 11.8 Å². The second kappa shape index (κ2) is 6.44. The number of carbonyl (C=O) groups is 1. The maximum Gasteiger partial charge on any atom is 0.306 e. The maximum absolute atomic E-state index is 11.0. The molecule has 0 radical (unpaired) electrons. The summed E-state index contributed by atoms with van der Waals surface area (Å²) in [6, 6.07) is 10.4. The molecule has 4 unspecified atom stereocenters. The fourth-order valence-corrected chi connectivity index (χ4v) is 3.07. The Labute approximate surface area is 119 Å². The number of carboxylic acid groups (broad SMARTS) is 1. The van der Waals surface area contributed by atoms with Crippen LogP contribution in [0.5, 0.6) is 0 Å². The molecule has 0 aliphatic heterocycles. The molecule has 4 heteroatoms. The first-order chi connectivity index (χ1) is 9.08. The molecule has 0 aromatic heterocycles. The van der Waals surface area contributed by atoms with Gasteiger partial charge in [-0.25, -0.2) is 0 Å². The third-order valence-electron chi connectivity index (χ3n) is 3.99. The summed E-state index contributed by atoms with van der Waals surface area (Å²) in [6.07, 6.45) is 1.50. The monoisotopic (exact) mass is 279 g/mol. The van der Waals surface area contributed by atoms with Crippen molar-refractivity contribution >= 4 is 18.6 Å². The van der Waals surface area contributed by atoms with Crippen molar-refractivity contribution in [3.05, 3.63) is 35.9 Å². The lowest BCUT2D eigenvalue weighted by Gasteiger charge is -2.20. The van der Waals surface area contributed by atoms with Gasteiger partial charge in [-0.3, -0.25) is 4.79 Å². The van der Waals surface area contributed by atoms with E-state index in [1.54, 1.807) is 0 Å². The van der Waals surface area contributed by atoms with Crippen LogP contribution in [-0.2, 0) is 4.79 Å². The highest BCUT2D eigenvalue weighted by Gasteiger charge is 2.35. The van der Waals surface area contributed by atoms with Crippen molar-refractivity contribution < 1.29 is 9.90 Å². The zero-order valence-electron chi connectivity index (χ0n) is 11.1. The normalized spacial score (nSPS) is 28.2. The van der Waals surface area contributed by atoms with E-state index in [1.165, 1.54) is 5.56 Å². The molecule has 19 heavy (non-hydrogen) atoms. The Morgan fingerprint density at radius 1 is 1.42 bits per heavy atom. The topological polar surface area (TPSA) is 49.3 Å². The third kappa shape index (κ3) is 3.74. The average molecular weight is 279 g/mol. The van der Waals surface area contributed by atoms with Crippen LogP contribution < -0.4 is 5.32 Å². The van der Waals surface area contributed by atoms with Gasteiger partial charge in [-0.1, -0.05) is 37.3 Å². The first-order valence-electron chi connectivity index (χ1n) is 6.77. The lowest BCUT2D eigenvalue weighted by atomic mass is 10.1. The maximum atomic E-state index is 11.0. The summed E-state index contributed by atoms with van der Waals surface area (Å²) in [7, 11) is 0. The molecule has 4 atom stereocenters. The zero-order valence-corrected chi connectivity index (χ0v) is 12.0. The van der Waals surface area contributed by atoms with E-state index in [2.05, 4.69) is 37.0 Å². The predicted molar refractivity (Wildman–Crippen MR) is 79.5 cm³/mol. The van der Waals surface area contributed by atoms with Crippen LogP contribution in [0.25, 0.3) is 0 Å². The standard InChI is InChI=1S/C15H21NO2S/c1-10-7-12(15(17)18)8-13(10)16-9-14(19)11-5-3-2-4-6-11/h2-6,10,12-14,16,19H,7-9H2,1H3,(H,17,18). The molecule has 0 bridgehead atoms. The lowest BCUT2D eigenvalue weighted by Crippen LogP contribution is -2.33. The van der Waals surface area contributed by atoms with Gasteiger partial charge < -0.3 is 10.4 Å². The van der Waals surface area contributed by atoms with Gasteiger partial charge in [0.05, 0.1) is 5.92 Å². The van der Waals surface area contributed by atoms with Crippen molar-refractivity contribution in [3.63, 3.8) is 0 Å². The number of hydrogen-bond acceptors (Lipinski definition) is 3. The molecule has 0 saturated heterocycles. The number of nitrogens with one attached hydrogen (secondary N) is 1. The quantitative estimate of drug-likeness (QED) is 0.726. The summed E-state index contributed by atoms with van der Waals surface area (Å²) >= 11 is 4.61.